The van der Waals surface area contributed by atoms with Crippen molar-refractivity contribution < 1.29 is 17.5 Å². The molecule has 0 spiro atoms. The Balaban J connectivity index is 1.66. The Morgan fingerprint density at radius 3 is 2.56 bits per heavy atom. The minimum absolute atomic E-state index is 0.0364. The molecule has 0 unspecified atom stereocenters. The van der Waals surface area contributed by atoms with Gasteiger partial charge in [-0.3, -0.25) is 0 Å². The summed E-state index contributed by atoms with van der Waals surface area (Å²) in [7, 11) is -3.35. The summed E-state index contributed by atoms with van der Waals surface area (Å²) in [6, 6.07) is 11.1. The zero-order chi connectivity index (χ0) is 19.4. The maximum absolute atomic E-state index is 13.9. The van der Waals surface area contributed by atoms with Crippen LogP contribution in [-0.4, -0.2) is 20.8 Å². The maximum Gasteiger partial charge on any atom is 0.187 e. The second kappa shape index (κ2) is 8.10. The van der Waals surface area contributed by atoms with Crippen molar-refractivity contribution >= 4 is 15.5 Å². The van der Waals surface area contributed by atoms with Gasteiger partial charge in [-0.15, -0.1) is 0 Å². The van der Waals surface area contributed by atoms with Crippen LogP contribution in [0.3, 0.4) is 0 Å². The van der Waals surface area contributed by atoms with Gasteiger partial charge in [0.15, 0.2) is 27.1 Å². The molecule has 1 aliphatic rings. The van der Waals surface area contributed by atoms with Gasteiger partial charge in [-0.25, -0.2) is 17.7 Å². The average molecular weight is 387 g/mol. The van der Waals surface area contributed by atoms with E-state index < -0.39 is 15.7 Å². The highest BCUT2D eigenvalue weighted by Crippen LogP contribution is 2.31. The fourth-order valence-corrected chi connectivity index (χ4v) is 4.66. The Bertz CT molecular complexity index is 944. The summed E-state index contributed by atoms with van der Waals surface area (Å²) in [6.07, 6.45) is 2.24. The third kappa shape index (κ3) is 5.54. The summed E-state index contributed by atoms with van der Waals surface area (Å²) in [5, 5.41) is 0. The van der Waals surface area contributed by atoms with E-state index in [-0.39, 0.29) is 23.2 Å². The Kier molecular flexibility index (Phi) is 5.81. The number of rotatable bonds is 8. The predicted molar refractivity (Wildman–Crippen MR) is 103 cm³/mol. The van der Waals surface area contributed by atoms with E-state index in [1.807, 2.05) is 6.92 Å². The maximum atomic E-state index is 13.9. The van der Waals surface area contributed by atoms with Crippen LogP contribution in [0.4, 0.5) is 10.1 Å². The molecule has 1 aliphatic carbocycles. The molecule has 1 saturated carbocycles. The van der Waals surface area contributed by atoms with Crippen molar-refractivity contribution in [2.45, 2.75) is 31.4 Å². The molecule has 0 bridgehead atoms. The second-order valence-corrected chi connectivity index (χ2v) is 9.29. The molecule has 3 rings (SSSR count). The SMILES string of the molecule is [C-]#[N+]c1ccc(CS(=O)(=O)C[C@H](C)c2ccc(F)c(OCC3CC3)c2)cc1. The zero-order valence-electron chi connectivity index (χ0n) is 15.2. The Morgan fingerprint density at radius 2 is 1.93 bits per heavy atom. The molecule has 0 N–H and O–H groups in total. The number of ether oxygens (including phenoxy) is 1. The number of benzene rings is 2. The van der Waals surface area contributed by atoms with Crippen LogP contribution in [0.5, 0.6) is 5.75 Å². The predicted octanol–water partition coefficient (Wildman–Crippen LogP) is 4.88. The number of sulfone groups is 1. The minimum atomic E-state index is -3.35. The molecule has 0 amide bonds. The van der Waals surface area contributed by atoms with Crippen molar-refractivity contribution in [3.8, 4) is 5.75 Å². The van der Waals surface area contributed by atoms with Crippen LogP contribution < -0.4 is 4.74 Å². The smallest absolute Gasteiger partial charge is 0.187 e. The first-order valence-corrected chi connectivity index (χ1v) is 10.8. The molecule has 0 aromatic heterocycles. The van der Waals surface area contributed by atoms with Crippen molar-refractivity contribution in [2.24, 2.45) is 5.92 Å². The van der Waals surface area contributed by atoms with Crippen LogP contribution in [-0.2, 0) is 15.6 Å². The lowest BCUT2D eigenvalue weighted by molar-refractivity contribution is 0.285. The molecule has 27 heavy (non-hydrogen) atoms. The molecule has 6 heteroatoms. The van der Waals surface area contributed by atoms with Crippen molar-refractivity contribution in [1.29, 1.82) is 0 Å². The van der Waals surface area contributed by atoms with Gasteiger partial charge in [0.2, 0.25) is 0 Å². The van der Waals surface area contributed by atoms with E-state index in [2.05, 4.69) is 4.85 Å². The Hall–Kier alpha value is -2.39. The molecular formula is C21H22FNO3S. The van der Waals surface area contributed by atoms with Crippen molar-refractivity contribution in [1.82, 2.24) is 0 Å². The van der Waals surface area contributed by atoms with E-state index >= 15 is 0 Å². The molecule has 4 nitrogen and oxygen atoms in total. The third-order valence-corrected chi connectivity index (χ3v) is 6.43. The molecular weight excluding hydrogens is 365 g/mol. The average Bonchev–Trinajstić information content (AvgIpc) is 3.45. The van der Waals surface area contributed by atoms with Gasteiger partial charge in [0.1, 0.15) is 0 Å². The van der Waals surface area contributed by atoms with Gasteiger partial charge < -0.3 is 4.74 Å². The number of hydrogen-bond donors (Lipinski definition) is 0. The highest BCUT2D eigenvalue weighted by atomic mass is 32.2. The number of hydrogen-bond acceptors (Lipinski definition) is 3. The second-order valence-electron chi connectivity index (χ2n) is 7.18. The molecule has 142 valence electrons. The Labute approximate surface area is 159 Å². The lowest BCUT2D eigenvalue weighted by Crippen LogP contribution is -2.15. The highest BCUT2D eigenvalue weighted by molar-refractivity contribution is 7.90. The van der Waals surface area contributed by atoms with Gasteiger partial charge in [-0.2, -0.15) is 0 Å². The number of halogens is 1. The molecule has 2 aromatic carbocycles. The molecule has 0 radical (unpaired) electrons. The van der Waals surface area contributed by atoms with E-state index in [9.17, 15) is 12.8 Å². The summed E-state index contributed by atoms with van der Waals surface area (Å²) < 4.78 is 44.6. The molecule has 0 aliphatic heterocycles. The van der Waals surface area contributed by atoms with Crippen LogP contribution in [0.1, 0.15) is 36.8 Å². The summed E-state index contributed by atoms with van der Waals surface area (Å²) >= 11 is 0. The van der Waals surface area contributed by atoms with E-state index in [1.165, 1.54) is 6.07 Å². The van der Waals surface area contributed by atoms with Gasteiger partial charge in [0, 0.05) is 0 Å². The molecule has 2 aromatic rings. The number of nitrogens with zero attached hydrogens (tertiary/aromatic N) is 1. The van der Waals surface area contributed by atoms with E-state index in [0.717, 1.165) is 18.4 Å². The topological polar surface area (TPSA) is 47.7 Å². The Morgan fingerprint density at radius 1 is 1.22 bits per heavy atom. The third-order valence-electron chi connectivity index (χ3n) is 4.65. The zero-order valence-corrected chi connectivity index (χ0v) is 16.0. The summed E-state index contributed by atoms with van der Waals surface area (Å²) in [4.78, 5) is 3.30. The van der Waals surface area contributed by atoms with Crippen LogP contribution in [0, 0.1) is 18.3 Å². The molecule has 0 heterocycles. The monoisotopic (exact) mass is 387 g/mol. The lowest BCUT2D eigenvalue weighted by atomic mass is 10.0. The van der Waals surface area contributed by atoms with Crippen LogP contribution >= 0.6 is 0 Å². The first-order valence-electron chi connectivity index (χ1n) is 8.95. The normalized spacial score (nSPS) is 15.1. The van der Waals surface area contributed by atoms with Crippen molar-refractivity contribution in [2.75, 3.05) is 12.4 Å². The van der Waals surface area contributed by atoms with Crippen LogP contribution in [0.15, 0.2) is 42.5 Å². The molecule has 0 saturated heterocycles. The van der Waals surface area contributed by atoms with E-state index in [4.69, 9.17) is 11.3 Å². The largest absolute Gasteiger partial charge is 0.490 e. The van der Waals surface area contributed by atoms with E-state index in [0.29, 0.717) is 23.8 Å². The van der Waals surface area contributed by atoms with Gasteiger partial charge >= 0.3 is 0 Å². The summed E-state index contributed by atoms with van der Waals surface area (Å²) in [5.41, 5.74) is 1.88. The van der Waals surface area contributed by atoms with Crippen molar-refractivity contribution in [3.05, 3.63) is 70.8 Å². The van der Waals surface area contributed by atoms with Crippen LogP contribution in [0.25, 0.3) is 4.85 Å². The lowest BCUT2D eigenvalue weighted by Gasteiger charge is -2.15. The van der Waals surface area contributed by atoms with E-state index in [1.54, 1.807) is 36.4 Å². The quantitative estimate of drug-likeness (QED) is 0.606. The van der Waals surface area contributed by atoms with Crippen LogP contribution in [0.2, 0.25) is 0 Å². The summed E-state index contributed by atoms with van der Waals surface area (Å²) in [6.45, 7) is 9.27. The highest BCUT2D eigenvalue weighted by Gasteiger charge is 2.23. The fraction of sp³-hybridized carbons (Fsp3) is 0.381. The standard InChI is InChI=1S/C21H22FNO3S/c1-15(13-27(24,25)14-17-5-8-19(23-2)9-6-17)18-7-10-20(22)21(11-18)26-12-16-3-4-16/h5-11,15-16H,3-4,12-14H2,1H3/t15-/m0/s1. The minimum Gasteiger partial charge on any atom is -0.490 e. The van der Waals surface area contributed by atoms with Gasteiger partial charge in [-0.1, -0.05) is 37.3 Å². The van der Waals surface area contributed by atoms with Crippen molar-refractivity contribution in [3.63, 3.8) is 0 Å². The first kappa shape index (κ1) is 19.4. The fourth-order valence-electron chi connectivity index (χ4n) is 2.89. The molecule has 1 fully saturated rings. The first-order chi connectivity index (χ1) is 12.9. The van der Waals surface area contributed by atoms with Gasteiger partial charge in [0.05, 0.1) is 24.7 Å². The molecule has 1 atom stereocenters. The van der Waals surface area contributed by atoms with Gasteiger partial charge in [0.25, 0.3) is 0 Å². The summed E-state index contributed by atoms with van der Waals surface area (Å²) in [5.74, 6) is -0.109. The van der Waals surface area contributed by atoms with Gasteiger partial charge in [-0.05, 0) is 47.9 Å².